The molecule has 6 heteroatoms. The summed E-state index contributed by atoms with van der Waals surface area (Å²) in [5.74, 6) is 0.104. The van der Waals surface area contributed by atoms with Crippen molar-refractivity contribution in [3.63, 3.8) is 0 Å². The first-order chi connectivity index (χ1) is 10.1. The van der Waals surface area contributed by atoms with Gasteiger partial charge in [-0.2, -0.15) is 0 Å². The Balaban J connectivity index is 1.98. The molecule has 0 spiro atoms. The Hall–Kier alpha value is -0.620. The number of halogens is 3. The number of hydrogen-bond acceptors (Lipinski definition) is 1. The molecule has 1 saturated carbocycles. The van der Waals surface area contributed by atoms with Crippen molar-refractivity contribution in [3.05, 3.63) is 32.2 Å². The molecule has 1 aliphatic carbocycles. The summed E-state index contributed by atoms with van der Waals surface area (Å²) in [6.07, 6.45) is 4.40. The maximum absolute atomic E-state index is 12.9. The summed E-state index contributed by atoms with van der Waals surface area (Å²) in [6, 6.07) is 0.427. The number of carbonyl (C=O) groups excluding carboxylic acids is 1. The van der Waals surface area contributed by atoms with Crippen molar-refractivity contribution in [1.82, 2.24) is 9.47 Å². The Bertz CT molecular complexity index is 620. The van der Waals surface area contributed by atoms with Crippen molar-refractivity contribution >= 4 is 37.8 Å². The zero-order valence-electron chi connectivity index (χ0n) is 11.8. The van der Waals surface area contributed by atoms with Crippen LogP contribution in [0, 0.1) is 0 Å². The molecule has 1 aliphatic heterocycles. The fourth-order valence-electron chi connectivity index (χ4n) is 2.83. The molecular formula is C15H17Br2FN2O. The average Bonchev–Trinajstić information content (AvgIpc) is 3.28. The second-order valence-electron chi connectivity index (χ2n) is 5.62. The quantitative estimate of drug-likeness (QED) is 0.708. The van der Waals surface area contributed by atoms with Gasteiger partial charge in [0, 0.05) is 24.7 Å². The van der Waals surface area contributed by atoms with Crippen LogP contribution in [0.1, 0.15) is 42.1 Å². The first-order valence-corrected chi connectivity index (χ1v) is 8.82. The van der Waals surface area contributed by atoms with Crippen LogP contribution in [0.2, 0.25) is 0 Å². The molecule has 0 radical (unpaired) electrons. The number of amides is 1. The van der Waals surface area contributed by atoms with Gasteiger partial charge < -0.3 is 9.47 Å². The molecule has 3 rings (SSSR count). The van der Waals surface area contributed by atoms with E-state index in [0.717, 1.165) is 46.1 Å². The topological polar surface area (TPSA) is 25.2 Å². The standard InChI is InChI=1S/C15H17Br2FN2O/c1-2-9(7-18)8-20-13(16)11-5-6-19(10-3-4-10)15(21)12(11)14(20)17/h7,10H,2-6,8H2,1H3/b9-7+. The van der Waals surface area contributed by atoms with E-state index in [4.69, 9.17) is 0 Å². The Morgan fingerprint density at radius 3 is 2.67 bits per heavy atom. The lowest BCUT2D eigenvalue weighted by atomic mass is 10.0. The maximum Gasteiger partial charge on any atom is 0.257 e. The molecule has 2 heterocycles. The van der Waals surface area contributed by atoms with E-state index in [1.165, 1.54) is 0 Å². The minimum Gasteiger partial charge on any atom is -0.335 e. The van der Waals surface area contributed by atoms with Gasteiger partial charge in [0.2, 0.25) is 0 Å². The normalized spacial score (nSPS) is 19.1. The molecule has 3 nitrogen and oxygen atoms in total. The monoisotopic (exact) mass is 418 g/mol. The summed E-state index contributed by atoms with van der Waals surface area (Å²) in [4.78, 5) is 14.7. The predicted octanol–water partition coefficient (Wildman–Crippen LogP) is 4.44. The van der Waals surface area contributed by atoms with Gasteiger partial charge in [-0.25, -0.2) is 4.39 Å². The Labute approximate surface area is 140 Å². The van der Waals surface area contributed by atoms with Gasteiger partial charge in [0.05, 0.1) is 21.1 Å². The highest BCUT2D eigenvalue weighted by molar-refractivity contribution is 9.11. The summed E-state index contributed by atoms with van der Waals surface area (Å²) in [6.45, 7) is 3.17. The second-order valence-corrected chi connectivity index (χ2v) is 7.12. The van der Waals surface area contributed by atoms with Crippen LogP contribution in [0.4, 0.5) is 4.39 Å². The molecule has 21 heavy (non-hydrogen) atoms. The van der Waals surface area contributed by atoms with Crippen LogP contribution in [0.25, 0.3) is 0 Å². The minimum atomic E-state index is 0.104. The van der Waals surface area contributed by atoms with E-state index >= 15 is 0 Å². The zero-order valence-corrected chi connectivity index (χ0v) is 15.0. The Morgan fingerprint density at radius 2 is 2.10 bits per heavy atom. The van der Waals surface area contributed by atoms with Gasteiger partial charge in [-0.05, 0) is 63.1 Å². The lowest BCUT2D eigenvalue weighted by Gasteiger charge is -2.27. The third kappa shape index (κ3) is 2.61. The fourth-order valence-corrected chi connectivity index (χ4v) is 4.48. The third-order valence-corrected chi connectivity index (χ3v) is 6.00. The highest BCUT2D eigenvalue weighted by Gasteiger charge is 2.39. The van der Waals surface area contributed by atoms with Crippen LogP contribution in [0.15, 0.2) is 21.1 Å². The molecule has 114 valence electrons. The summed E-state index contributed by atoms with van der Waals surface area (Å²) in [5.41, 5.74) is 2.49. The molecular weight excluding hydrogens is 403 g/mol. The van der Waals surface area contributed by atoms with Gasteiger partial charge in [0.15, 0.2) is 0 Å². The molecule has 0 bridgehead atoms. The highest BCUT2D eigenvalue weighted by Crippen LogP contribution is 2.39. The van der Waals surface area contributed by atoms with E-state index in [1.807, 2.05) is 16.4 Å². The predicted molar refractivity (Wildman–Crippen MR) is 87.1 cm³/mol. The number of rotatable bonds is 4. The van der Waals surface area contributed by atoms with Gasteiger partial charge in [-0.1, -0.05) is 6.92 Å². The second kappa shape index (κ2) is 5.88. The van der Waals surface area contributed by atoms with E-state index in [1.54, 1.807) is 0 Å². The third-order valence-electron chi connectivity index (χ3n) is 4.27. The Kier molecular flexibility index (Phi) is 4.28. The fraction of sp³-hybridized carbons (Fsp3) is 0.533. The van der Waals surface area contributed by atoms with Crippen LogP contribution in [0.5, 0.6) is 0 Å². The summed E-state index contributed by atoms with van der Waals surface area (Å²) < 4.78 is 16.4. The van der Waals surface area contributed by atoms with E-state index < -0.39 is 0 Å². The molecule has 1 aromatic heterocycles. The van der Waals surface area contributed by atoms with Gasteiger partial charge in [-0.15, -0.1) is 0 Å². The van der Waals surface area contributed by atoms with E-state index in [0.29, 0.717) is 30.9 Å². The molecule has 0 saturated heterocycles. The number of fused-ring (bicyclic) bond motifs is 1. The maximum atomic E-state index is 12.9. The number of nitrogens with zero attached hydrogens (tertiary/aromatic N) is 2. The van der Waals surface area contributed by atoms with Gasteiger partial charge >= 0.3 is 0 Å². The van der Waals surface area contributed by atoms with Crippen LogP contribution >= 0.6 is 31.9 Å². The average molecular weight is 420 g/mol. The van der Waals surface area contributed by atoms with Crippen molar-refractivity contribution in [1.29, 1.82) is 0 Å². The lowest BCUT2D eigenvalue weighted by molar-refractivity contribution is 0.0726. The highest BCUT2D eigenvalue weighted by atomic mass is 79.9. The molecule has 0 unspecified atom stereocenters. The van der Waals surface area contributed by atoms with Gasteiger partial charge in [0.25, 0.3) is 5.91 Å². The summed E-state index contributed by atoms with van der Waals surface area (Å²) in [7, 11) is 0. The molecule has 0 aromatic carbocycles. The summed E-state index contributed by atoms with van der Waals surface area (Å²) >= 11 is 7.14. The lowest BCUT2D eigenvalue weighted by Crippen LogP contribution is -2.38. The van der Waals surface area contributed by atoms with Crippen molar-refractivity contribution in [3.8, 4) is 0 Å². The van der Waals surface area contributed by atoms with Gasteiger partial charge in [0.1, 0.15) is 0 Å². The SMILES string of the molecule is CC/C(=C\F)Cn1c(Br)c2c(c1Br)C(=O)N(C1CC1)CC2. The zero-order chi connectivity index (χ0) is 15.1. The van der Waals surface area contributed by atoms with Crippen molar-refractivity contribution in [2.24, 2.45) is 0 Å². The van der Waals surface area contributed by atoms with Crippen molar-refractivity contribution in [2.45, 2.75) is 45.2 Å². The van der Waals surface area contributed by atoms with Crippen LogP contribution in [-0.4, -0.2) is 28.0 Å². The molecule has 2 aliphatic rings. The summed E-state index contributed by atoms with van der Waals surface area (Å²) in [5, 5.41) is 0. The smallest absolute Gasteiger partial charge is 0.257 e. The molecule has 0 N–H and O–H groups in total. The van der Waals surface area contributed by atoms with Gasteiger partial charge in [-0.3, -0.25) is 4.79 Å². The van der Waals surface area contributed by atoms with Crippen LogP contribution in [-0.2, 0) is 13.0 Å². The number of aromatic nitrogens is 1. The minimum absolute atomic E-state index is 0.104. The molecule has 0 atom stereocenters. The molecule has 1 fully saturated rings. The first kappa shape index (κ1) is 15.3. The molecule has 1 amide bonds. The number of carbonyl (C=O) groups is 1. The largest absolute Gasteiger partial charge is 0.335 e. The molecule has 1 aromatic rings. The first-order valence-electron chi connectivity index (χ1n) is 7.23. The number of allylic oxidation sites excluding steroid dienone is 1. The van der Waals surface area contributed by atoms with Crippen molar-refractivity contribution in [2.75, 3.05) is 6.54 Å². The number of hydrogen-bond donors (Lipinski definition) is 0. The van der Waals surface area contributed by atoms with Crippen LogP contribution in [0.3, 0.4) is 0 Å². The van der Waals surface area contributed by atoms with E-state index in [2.05, 4.69) is 31.9 Å². The van der Waals surface area contributed by atoms with E-state index in [-0.39, 0.29) is 5.91 Å². The van der Waals surface area contributed by atoms with Crippen molar-refractivity contribution < 1.29 is 9.18 Å². The Morgan fingerprint density at radius 1 is 1.38 bits per heavy atom. The van der Waals surface area contributed by atoms with Crippen LogP contribution < -0.4 is 0 Å². The van der Waals surface area contributed by atoms with E-state index in [9.17, 15) is 9.18 Å².